The summed E-state index contributed by atoms with van der Waals surface area (Å²) in [5.74, 6) is 0.957. The SMILES string of the molecule is CC(C)(Cn1c(CCCl)nc2ccc(Cl)cc21)C(N)=O. The monoisotopic (exact) mass is 313 g/mol. The van der Waals surface area contributed by atoms with Crippen molar-refractivity contribution in [2.24, 2.45) is 11.1 Å². The van der Waals surface area contributed by atoms with Gasteiger partial charge in [-0.25, -0.2) is 4.98 Å². The number of primary amides is 1. The Labute approximate surface area is 127 Å². The number of imidazole rings is 1. The van der Waals surface area contributed by atoms with Crippen molar-refractivity contribution in [1.29, 1.82) is 0 Å². The smallest absolute Gasteiger partial charge is 0.224 e. The van der Waals surface area contributed by atoms with E-state index in [1.165, 1.54) is 0 Å². The van der Waals surface area contributed by atoms with Gasteiger partial charge in [0.25, 0.3) is 0 Å². The van der Waals surface area contributed by atoms with E-state index in [1.807, 2.05) is 30.5 Å². The van der Waals surface area contributed by atoms with E-state index in [9.17, 15) is 4.79 Å². The van der Waals surface area contributed by atoms with Gasteiger partial charge in [-0.05, 0) is 32.0 Å². The highest BCUT2D eigenvalue weighted by atomic mass is 35.5. The fraction of sp³-hybridized carbons (Fsp3) is 0.429. The Balaban J connectivity index is 2.55. The van der Waals surface area contributed by atoms with Crippen LogP contribution in [0, 0.1) is 5.41 Å². The fourth-order valence-corrected chi connectivity index (χ4v) is 2.41. The van der Waals surface area contributed by atoms with Crippen LogP contribution in [0.15, 0.2) is 18.2 Å². The summed E-state index contributed by atoms with van der Waals surface area (Å²) in [6.07, 6.45) is 0.628. The maximum atomic E-state index is 11.6. The van der Waals surface area contributed by atoms with Crippen LogP contribution in [0.2, 0.25) is 5.02 Å². The molecule has 2 rings (SSSR count). The summed E-state index contributed by atoms with van der Waals surface area (Å²) in [5, 5.41) is 0.632. The van der Waals surface area contributed by atoms with Crippen molar-refractivity contribution in [1.82, 2.24) is 9.55 Å². The molecule has 0 atom stereocenters. The highest BCUT2D eigenvalue weighted by Crippen LogP contribution is 2.26. The van der Waals surface area contributed by atoms with Gasteiger partial charge in [0, 0.05) is 23.9 Å². The number of aryl methyl sites for hydroxylation is 1. The van der Waals surface area contributed by atoms with Crippen LogP contribution in [0.3, 0.4) is 0 Å². The molecule has 6 heteroatoms. The Morgan fingerprint density at radius 1 is 1.45 bits per heavy atom. The molecule has 0 saturated carbocycles. The van der Waals surface area contributed by atoms with Crippen LogP contribution in [-0.2, 0) is 17.8 Å². The van der Waals surface area contributed by atoms with E-state index in [2.05, 4.69) is 4.98 Å². The molecule has 0 saturated heterocycles. The number of aromatic nitrogens is 2. The molecule has 108 valence electrons. The summed E-state index contributed by atoms with van der Waals surface area (Å²) >= 11 is 11.9. The van der Waals surface area contributed by atoms with Crippen LogP contribution in [0.25, 0.3) is 11.0 Å². The average Bonchev–Trinajstić information content (AvgIpc) is 2.67. The van der Waals surface area contributed by atoms with E-state index in [0.29, 0.717) is 23.9 Å². The van der Waals surface area contributed by atoms with Crippen molar-refractivity contribution < 1.29 is 4.79 Å². The van der Waals surface area contributed by atoms with Crippen molar-refractivity contribution in [3.63, 3.8) is 0 Å². The first-order valence-electron chi connectivity index (χ1n) is 6.35. The van der Waals surface area contributed by atoms with Crippen molar-refractivity contribution in [2.45, 2.75) is 26.8 Å². The number of fused-ring (bicyclic) bond motifs is 1. The third-order valence-electron chi connectivity index (χ3n) is 3.33. The molecule has 0 unspecified atom stereocenters. The Hall–Kier alpha value is -1.26. The minimum Gasteiger partial charge on any atom is -0.369 e. The lowest BCUT2D eigenvalue weighted by Gasteiger charge is -2.22. The predicted molar refractivity (Wildman–Crippen MR) is 82.1 cm³/mol. The van der Waals surface area contributed by atoms with E-state index in [0.717, 1.165) is 16.9 Å². The number of hydrogen-bond donors (Lipinski definition) is 1. The standard InChI is InChI=1S/C14H17Cl2N3O/c1-14(2,13(17)20)8-19-11-7-9(16)3-4-10(11)18-12(19)5-6-15/h3-4,7H,5-6,8H2,1-2H3,(H2,17,20). The number of carbonyl (C=O) groups is 1. The highest BCUT2D eigenvalue weighted by Gasteiger charge is 2.27. The zero-order chi connectivity index (χ0) is 14.9. The molecule has 1 heterocycles. The zero-order valence-electron chi connectivity index (χ0n) is 11.5. The van der Waals surface area contributed by atoms with Crippen molar-refractivity contribution >= 4 is 40.1 Å². The van der Waals surface area contributed by atoms with Crippen LogP contribution in [0.5, 0.6) is 0 Å². The van der Waals surface area contributed by atoms with Gasteiger partial charge in [0.2, 0.25) is 5.91 Å². The lowest BCUT2D eigenvalue weighted by Crippen LogP contribution is -2.35. The first-order chi connectivity index (χ1) is 9.35. The first kappa shape index (κ1) is 15.1. The molecule has 4 nitrogen and oxygen atoms in total. The van der Waals surface area contributed by atoms with E-state index in [1.54, 1.807) is 6.07 Å². The summed E-state index contributed by atoms with van der Waals surface area (Å²) < 4.78 is 1.98. The summed E-state index contributed by atoms with van der Waals surface area (Å²) in [4.78, 5) is 16.1. The Morgan fingerprint density at radius 2 is 2.15 bits per heavy atom. The highest BCUT2D eigenvalue weighted by molar-refractivity contribution is 6.31. The van der Waals surface area contributed by atoms with Crippen LogP contribution in [-0.4, -0.2) is 21.3 Å². The first-order valence-corrected chi connectivity index (χ1v) is 7.27. The average molecular weight is 314 g/mol. The van der Waals surface area contributed by atoms with Crippen LogP contribution in [0.1, 0.15) is 19.7 Å². The number of nitrogens with two attached hydrogens (primary N) is 1. The van der Waals surface area contributed by atoms with E-state index >= 15 is 0 Å². The molecule has 1 amide bonds. The molecule has 0 aliphatic carbocycles. The molecule has 0 fully saturated rings. The van der Waals surface area contributed by atoms with Gasteiger partial charge in [-0.15, -0.1) is 11.6 Å². The Kier molecular flexibility index (Phi) is 4.25. The maximum Gasteiger partial charge on any atom is 0.224 e. The second kappa shape index (κ2) is 5.62. The fourth-order valence-electron chi connectivity index (χ4n) is 2.07. The lowest BCUT2D eigenvalue weighted by molar-refractivity contribution is -0.126. The van der Waals surface area contributed by atoms with Gasteiger partial charge < -0.3 is 10.3 Å². The number of hydrogen-bond acceptors (Lipinski definition) is 2. The molecule has 1 aromatic carbocycles. The lowest BCUT2D eigenvalue weighted by atomic mass is 9.92. The third-order valence-corrected chi connectivity index (χ3v) is 3.75. The predicted octanol–water partition coefficient (Wildman–Crippen LogP) is 2.98. The number of amides is 1. The molecule has 0 radical (unpaired) electrons. The topological polar surface area (TPSA) is 60.9 Å². The Bertz CT molecular complexity index is 649. The van der Waals surface area contributed by atoms with E-state index < -0.39 is 5.41 Å². The molecule has 0 aliphatic heterocycles. The number of rotatable bonds is 5. The van der Waals surface area contributed by atoms with Crippen molar-refractivity contribution in [3.05, 3.63) is 29.0 Å². The molecule has 1 aromatic heterocycles. The molecule has 2 N–H and O–H groups in total. The maximum absolute atomic E-state index is 11.6. The zero-order valence-corrected chi connectivity index (χ0v) is 13.0. The van der Waals surface area contributed by atoms with Gasteiger partial charge in [-0.2, -0.15) is 0 Å². The second-order valence-corrected chi connectivity index (χ2v) is 6.25. The molecular formula is C14H17Cl2N3O. The van der Waals surface area contributed by atoms with E-state index in [-0.39, 0.29) is 5.91 Å². The van der Waals surface area contributed by atoms with Crippen LogP contribution in [0.4, 0.5) is 0 Å². The summed E-state index contributed by atoms with van der Waals surface area (Å²) in [6.45, 7) is 4.08. The quantitative estimate of drug-likeness (QED) is 0.863. The van der Waals surface area contributed by atoms with Gasteiger partial charge in [-0.3, -0.25) is 4.79 Å². The van der Waals surface area contributed by atoms with Crippen molar-refractivity contribution in [3.8, 4) is 0 Å². The number of nitrogens with zero attached hydrogens (tertiary/aromatic N) is 2. The van der Waals surface area contributed by atoms with Gasteiger partial charge in [-0.1, -0.05) is 11.6 Å². The normalized spacial score (nSPS) is 12.0. The number of carbonyl (C=O) groups excluding carboxylic acids is 1. The number of halogens is 2. The van der Waals surface area contributed by atoms with Gasteiger partial charge in [0.05, 0.1) is 16.4 Å². The number of benzene rings is 1. The summed E-state index contributed by atoms with van der Waals surface area (Å²) in [6, 6.07) is 5.51. The summed E-state index contributed by atoms with van der Waals surface area (Å²) in [5.41, 5.74) is 6.53. The second-order valence-electron chi connectivity index (χ2n) is 5.43. The van der Waals surface area contributed by atoms with Gasteiger partial charge in [0.1, 0.15) is 5.82 Å². The molecule has 20 heavy (non-hydrogen) atoms. The van der Waals surface area contributed by atoms with Gasteiger partial charge in [0.15, 0.2) is 0 Å². The molecule has 2 aromatic rings. The van der Waals surface area contributed by atoms with Crippen molar-refractivity contribution in [2.75, 3.05) is 5.88 Å². The summed E-state index contributed by atoms with van der Waals surface area (Å²) in [7, 11) is 0. The van der Waals surface area contributed by atoms with Gasteiger partial charge >= 0.3 is 0 Å². The molecule has 0 aliphatic rings. The van der Waals surface area contributed by atoms with Crippen LogP contribution < -0.4 is 5.73 Å². The molecular weight excluding hydrogens is 297 g/mol. The minimum absolute atomic E-state index is 0.349. The van der Waals surface area contributed by atoms with Crippen LogP contribution >= 0.6 is 23.2 Å². The largest absolute Gasteiger partial charge is 0.369 e. The Morgan fingerprint density at radius 3 is 2.75 bits per heavy atom. The van der Waals surface area contributed by atoms with E-state index in [4.69, 9.17) is 28.9 Å². The molecule has 0 bridgehead atoms. The number of alkyl halides is 1. The molecule has 0 spiro atoms. The third kappa shape index (κ3) is 2.91. The minimum atomic E-state index is -0.670.